The third kappa shape index (κ3) is 3.40. The van der Waals surface area contributed by atoms with Gasteiger partial charge in [0.05, 0.1) is 6.61 Å². The van der Waals surface area contributed by atoms with Gasteiger partial charge in [0.15, 0.2) is 0 Å². The molecule has 5 nitrogen and oxygen atoms in total. The van der Waals surface area contributed by atoms with Crippen LogP contribution in [0, 0.1) is 0 Å². The molecular weight excluding hydrogens is 250 g/mol. The van der Waals surface area contributed by atoms with Crippen molar-refractivity contribution in [1.29, 1.82) is 0 Å². The lowest BCUT2D eigenvalue weighted by molar-refractivity contribution is 0.0512. The summed E-state index contributed by atoms with van der Waals surface area (Å²) in [5.41, 5.74) is 0. The van der Waals surface area contributed by atoms with Gasteiger partial charge in [0.1, 0.15) is 5.82 Å². The number of nitrogens with one attached hydrogen (secondary N) is 1. The summed E-state index contributed by atoms with van der Waals surface area (Å²) in [6.07, 6.45) is 2.79. The number of hydrogen-bond donors (Lipinski definition) is 1. The molecule has 2 heterocycles. The molecule has 1 N–H and O–H groups in total. The molecule has 0 fully saturated rings. The number of aryl methyl sites for hydroxylation is 2. The Kier molecular flexibility index (Phi) is 4.46. The zero-order valence-corrected chi connectivity index (χ0v) is 11.0. The van der Waals surface area contributed by atoms with Crippen LogP contribution in [-0.4, -0.2) is 27.8 Å². The predicted molar refractivity (Wildman–Crippen MR) is 68.7 cm³/mol. The minimum absolute atomic E-state index is 0.114. The maximum atomic E-state index is 11.4. The molecule has 0 aliphatic rings. The van der Waals surface area contributed by atoms with Crippen molar-refractivity contribution in [1.82, 2.24) is 15.2 Å². The molecule has 0 aromatic carbocycles. The fraction of sp³-hybridized carbons (Fsp3) is 0.417. The van der Waals surface area contributed by atoms with Crippen molar-refractivity contribution in [2.45, 2.75) is 26.2 Å². The first-order chi connectivity index (χ1) is 8.79. The fourth-order valence-corrected chi connectivity index (χ4v) is 2.33. The number of ether oxygens (including phenoxy) is 1. The van der Waals surface area contributed by atoms with Gasteiger partial charge in [0.2, 0.25) is 0 Å². The van der Waals surface area contributed by atoms with E-state index in [-0.39, 0.29) is 5.82 Å². The van der Waals surface area contributed by atoms with Gasteiger partial charge in [-0.1, -0.05) is 6.07 Å². The first-order valence-corrected chi connectivity index (χ1v) is 6.78. The van der Waals surface area contributed by atoms with E-state index in [1.54, 1.807) is 18.3 Å². The summed E-state index contributed by atoms with van der Waals surface area (Å²) >= 11 is 1.75. The molecule has 2 rings (SSSR count). The Bertz CT molecular complexity index is 493. The van der Waals surface area contributed by atoms with E-state index in [4.69, 9.17) is 4.74 Å². The fourth-order valence-electron chi connectivity index (χ4n) is 1.58. The Morgan fingerprint density at radius 3 is 3.11 bits per heavy atom. The SMILES string of the molecule is CCOC(=O)c1n[nH]c(CCCc2cccs2)n1. The molecule has 0 aliphatic heterocycles. The molecule has 6 heteroatoms. The third-order valence-electron chi connectivity index (χ3n) is 2.41. The largest absolute Gasteiger partial charge is 0.460 e. The zero-order chi connectivity index (χ0) is 12.8. The highest BCUT2D eigenvalue weighted by molar-refractivity contribution is 7.09. The maximum Gasteiger partial charge on any atom is 0.378 e. The van der Waals surface area contributed by atoms with Crippen molar-refractivity contribution in [3.63, 3.8) is 0 Å². The average molecular weight is 265 g/mol. The van der Waals surface area contributed by atoms with Crippen LogP contribution in [0.15, 0.2) is 17.5 Å². The van der Waals surface area contributed by atoms with Crippen LogP contribution >= 0.6 is 11.3 Å². The van der Waals surface area contributed by atoms with Crippen LogP contribution in [0.1, 0.15) is 34.7 Å². The number of rotatable bonds is 6. The van der Waals surface area contributed by atoms with Crippen LogP contribution in [0.2, 0.25) is 0 Å². The summed E-state index contributed by atoms with van der Waals surface area (Å²) < 4.78 is 4.82. The number of nitrogens with zero attached hydrogens (tertiary/aromatic N) is 2. The number of carbonyl (C=O) groups excluding carboxylic acids is 1. The van der Waals surface area contributed by atoms with Gasteiger partial charge in [-0.15, -0.1) is 16.4 Å². The molecule has 0 saturated carbocycles. The number of aromatic nitrogens is 3. The van der Waals surface area contributed by atoms with E-state index < -0.39 is 5.97 Å². The van der Waals surface area contributed by atoms with E-state index in [0.29, 0.717) is 6.61 Å². The minimum atomic E-state index is -0.474. The third-order valence-corrected chi connectivity index (χ3v) is 3.34. The van der Waals surface area contributed by atoms with Gasteiger partial charge in [-0.05, 0) is 31.2 Å². The van der Waals surface area contributed by atoms with Crippen molar-refractivity contribution < 1.29 is 9.53 Å². The normalized spacial score (nSPS) is 10.5. The Morgan fingerprint density at radius 2 is 2.39 bits per heavy atom. The lowest BCUT2D eigenvalue weighted by Crippen LogP contribution is -2.06. The van der Waals surface area contributed by atoms with Gasteiger partial charge in [0, 0.05) is 11.3 Å². The van der Waals surface area contributed by atoms with Crippen LogP contribution in [0.3, 0.4) is 0 Å². The lowest BCUT2D eigenvalue weighted by Gasteiger charge is -1.96. The zero-order valence-electron chi connectivity index (χ0n) is 10.2. The molecule has 2 aromatic rings. The first kappa shape index (κ1) is 12.8. The second kappa shape index (κ2) is 6.30. The van der Waals surface area contributed by atoms with E-state index >= 15 is 0 Å². The predicted octanol–water partition coefficient (Wildman–Crippen LogP) is 2.22. The molecule has 0 amide bonds. The number of thiophene rings is 1. The first-order valence-electron chi connectivity index (χ1n) is 5.90. The molecular formula is C12H15N3O2S. The second-order valence-electron chi connectivity index (χ2n) is 3.76. The second-order valence-corrected chi connectivity index (χ2v) is 4.79. The summed E-state index contributed by atoms with van der Waals surface area (Å²) in [7, 11) is 0. The van der Waals surface area contributed by atoms with Crippen LogP contribution < -0.4 is 0 Å². The van der Waals surface area contributed by atoms with Crippen LogP contribution in [-0.2, 0) is 17.6 Å². The summed E-state index contributed by atoms with van der Waals surface area (Å²) in [6, 6.07) is 4.17. The molecule has 0 saturated heterocycles. The molecule has 96 valence electrons. The molecule has 2 aromatic heterocycles. The van der Waals surface area contributed by atoms with Crippen molar-refractivity contribution in [3.05, 3.63) is 34.0 Å². The highest BCUT2D eigenvalue weighted by Crippen LogP contribution is 2.12. The van der Waals surface area contributed by atoms with Crippen molar-refractivity contribution in [2.75, 3.05) is 6.61 Å². The maximum absolute atomic E-state index is 11.4. The van der Waals surface area contributed by atoms with Crippen molar-refractivity contribution in [2.24, 2.45) is 0 Å². The van der Waals surface area contributed by atoms with Gasteiger partial charge in [-0.2, -0.15) is 0 Å². The van der Waals surface area contributed by atoms with E-state index in [1.165, 1.54) is 4.88 Å². The highest BCUT2D eigenvalue weighted by atomic mass is 32.1. The average Bonchev–Trinajstić information content (AvgIpc) is 3.00. The number of hydrogen-bond acceptors (Lipinski definition) is 5. The van der Waals surface area contributed by atoms with E-state index in [0.717, 1.165) is 25.1 Å². The Hall–Kier alpha value is -1.69. The van der Waals surface area contributed by atoms with E-state index in [9.17, 15) is 4.79 Å². The number of aromatic amines is 1. The molecule has 0 aliphatic carbocycles. The van der Waals surface area contributed by atoms with E-state index in [2.05, 4.69) is 26.6 Å². The van der Waals surface area contributed by atoms with Crippen molar-refractivity contribution >= 4 is 17.3 Å². The Labute approximate surface area is 109 Å². The van der Waals surface area contributed by atoms with Crippen molar-refractivity contribution in [3.8, 4) is 0 Å². The van der Waals surface area contributed by atoms with Crippen LogP contribution in [0.25, 0.3) is 0 Å². The Balaban J connectivity index is 1.81. The number of esters is 1. The summed E-state index contributed by atoms with van der Waals surface area (Å²) in [5.74, 6) is 0.371. The smallest absolute Gasteiger partial charge is 0.378 e. The molecule has 0 radical (unpaired) electrons. The monoisotopic (exact) mass is 265 g/mol. The Morgan fingerprint density at radius 1 is 1.50 bits per heavy atom. The van der Waals surface area contributed by atoms with Crippen LogP contribution in [0.5, 0.6) is 0 Å². The van der Waals surface area contributed by atoms with Gasteiger partial charge < -0.3 is 4.74 Å². The quantitative estimate of drug-likeness (QED) is 0.813. The van der Waals surface area contributed by atoms with E-state index in [1.807, 2.05) is 6.07 Å². The summed E-state index contributed by atoms with van der Waals surface area (Å²) in [4.78, 5) is 16.8. The number of carbonyl (C=O) groups is 1. The molecule has 0 bridgehead atoms. The van der Waals surface area contributed by atoms with Gasteiger partial charge in [-0.25, -0.2) is 9.78 Å². The standard InChI is InChI=1S/C12H15N3O2S/c1-2-17-12(16)11-13-10(14-15-11)7-3-5-9-6-4-8-18-9/h4,6,8H,2-3,5,7H2,1H3,(H,13,14,15). The highest BCUT2D eigenvalue weighted by Gasteiger charge is 2.12. The molecule has 18 heavy (non-hydrogen) atoms. The molecule has 0 spiro atoms. The number of H-pyrrole nitrogens is 1. The summed E-state index contributed by atoms with van der Waals surface area (Å²) in [5, 5.41) is 8.68. The van der Waals surface area contributed by atoms with Gasteiger partial charge in [-0.3, -0.25) is 5.10 Å². The molecule has 0 atom stereocenters. The van der Waals surface area contributed by atoms with Gasteiger partial charge >= 0.3 is 5.97 Å². The topological polar surface area (TPSA) is 67.9 Å². The lowest BCUT2D eigenvalue weighted by atomic mass is 10.2. The van der Waals surface area contributed by atoms with Crippen LogP contribution in [0.4, 0.5) is 0 Å². The summed E-state index contributed by atoms with van der Waals surface area (Å²) in [6.45, 7) is 2.09. The van der Waals surface area contributed by atoms with Gasteiger partial charge in [0.25, 0.3) is 5.82 Å². The minimum Gasteiger partial charge on any atom is -0.460 e. The molecule has 0 unspecified atom stereocenters.